The predicted octanol–water partition coefficient (Wildman–Crippen LogP) is 2.37. The molecule has 2 atom stereocenters. The van der Waals surface area contributed by atoms with Crippen LogP contribution in [0.5, 0.6) is 0 Å². The highest BCUT2D eigenvalue weighted by molar-refractivity contribution is 5.33. The molecule has 1 rings (SSSR count). The van der Waals surface area contributed by atoms with E-state index in [1.807, 2.05) is 6.08 Å². The van der Waals surface area contributed by atoms with Crippen LogP contribution < -0.4 is 0 Å². The Morgan fingerprint density at radius 3 is 2.91 bits per heavy atom. The van der Waals surface area contributed by atoms with Crippen LogP contribution in [-0.4, -0.2) is 12.8 Å². The van der Waals surface area contributed by atoms with Crippen LogP contribution in [0.4, 0.5) is 0 Å². The van der Waals surface area contributed by atoms with Gasteiger partial charge in [-0.2, -0.15) is 0 Å². The summed E-state index contributed by atoms with van der Waals surface area (Å²) in [6.07, 6.45) is 8.22. The summed E-state index contributed by atoms with van der Waals surface area (Å²) in [7, 11) is 0. The molecule has 2 unspecified atom stereocenters. The predicted molar refractivity (Wildman–Crippen MR) is 49.9 cm³/mol. The molecule has 11 heavy (non-hydrogen) atoms. The Hall–Kier alpha value is -1.11. The molecule has 0 aromatic carbocycles. The minimum absolute atomic E-state index is 0.192. The molecular weight excluding hydrogens is 134 g/mol. The lowest BCUT2D eigenvalue weighted by Gasteiger charge is -2.17. The fourth-order valence-corrected chi connectivity index (χ4v) is 1.21. The van der Waals surface area contributed by atoms with Gasteiger partial charge in [0.1, 0.15) is 0 Å². The fraction of sp³-hybridized carbons (Fsp3) is 0.300. The number of hydrogen-bond acceptors (Lipinski definition) is 1. The van der Waals surface area contributed by atoms with Crippen LogP contribution in [-0.2, 0) is 0 Å². The molecule has 0 aromatic rings. The van der Waals surface area contributed by atoms with Crippen molar-refractivity contribution in [2.75, 3.05) is 0 Å². The summed E-state index contributed by atoms with van der Waals surface area (Å²) in [6, 6.07) is 0.192. The highest BCUT2D eigenvalue weighted by Crippen LogP contribution is 2.19. The first kappa shape index (κ1) is 7.99. The lowest BCUT2D eigenvalue weighted by atomic mass is 9.93. The van der Waals surface area contributed by atoms with Gasteiger partial charge in [-0.3, -0.25) is 4.99 Å². The van der Waals surface area contributed by atoms with Gasteiger partial charge in [0.2, 0.25) is 0 Å². The molecule has 0 heterocycles. The van der Waals surface area contributed by atoms with Gasteiger partial charge < -0.3 is 0 Å². The fourth-order valence-electron chi connectivity index (χ4n) is 1.21. The number of rotatable bonds is 2. The van der Waals surface area contributed by atoms with E-state index >= 15 is 0 Å². The maximum Gasteiger partial charge on any atom is 0.0775 e. The topological polar surface area (TPSA) is 12.4 Å². The largest absolute Gasteiger partial charge is 0.293 e. The molecule has 0 aliphatic heterocycles. The summed E-state index contributed by atoms with van der Waals surface area (Å²) in [6.45, 7) is 9.34. The third-order valence-corrected chi connectivity index (χ3v) is 1.89. The average Bonchev–Trinajstić information content (AvgIpc) is 2.04. The van der Waals surface area contributed by atoms with Crippen LogP contribution in [0.25, 0.3) is 0 Å². The molecule has 0 aromatic heterocycles. The summed E-state index contributed by atoms with van der Waals surface area (Å²) in [5, 5.41) is 0. The van der Waals surface area contributed by atoms with Crippen LogP contribution in [0.15, 0.2) is 41.4 Å². The van der Waals surface area contributed by atoms with E-state index in [4.69, 9.17) is 0 Å². The molecule has 1 aliphatic carbocycles. The van der Waals surface area contributed by atoms with Gasteiger partial charge in [-0.1, -0.05) is 29.9 Å². The molecular formula is C10H13N. The second-order valence-corrected chi connectivity index (χ2v) is 2.76. The minimum Gasteiger partial charge on any atom is -0.293 e. The molecule has 0 N–H and O–H groups in total. The van der Waals surface area contributed by atoms with Gasteiger partial charge in [0.05, 0.1) is 6.04 Å². The summed E-state index contributed by atoms with van der Waals surface area (Å²) in [5.74, 6) is 0.330. The van der Waals surface area contributed by atoms with Gasteiger partial charge in [0, 0.05) is 5.92 Å². The normalized spacial score (nSPS) is 29.4. The minimum atomic E-state index is 0.192. The van der Waals surface area contributed by atoms with E-state index in [0.29, 0.717) is 5.92 Å². The molecule has 0 amide bonds. The first-order valence-corrected chi connectivity index (χ1v) is 3.73. The van der Waals surface area contributed by atoms with E-state index in [-0.39, 0.29) is 6.04 Å². The van der Waals surface area contributed by atoms with Crippen molar-refractivity contribution in [1.29, 1.82) is 0 Å². The Morgan fingerprint density at radius 1 is 1.64 bits per heavy atom. The first-order valence-electron chi connectivity index (χ1n) is 3.73. The molecule has 0 spiro atoms. The third-order valence-electron chi connectivity index (χ3n) is 1.89. The third kappa shape index (κ3) is 1.67. The Balaban J connectivity index is 2.82. The lowest BCUT2D eigenvalue weighted by Crippen LogP contribution is -2.14. The SMILES string of the molecule is C=CC1C=CC(C)=CC1N=C. The van der Waals surface area contributed by atoms with Crippen molar-refractivity contribution < 1.29 is 0 Å². The van der Waals surface area contributed by atoms with Crippen LogP contribution in [0.3, 0.4) is 0 Å². The molecule has 58 valence electrons. The summed E-state index contributed by atoms with van der Waals surface area (Å²) in [5.41, 5.74) is 1.25. The van der Waals surface area contributed by atoms with E-state index in [0.717, 1.165) is 0 Å². The summed E-state index contributed by atoms with van der Waals surface area (Å²) >= 11 is 0. The molecule has 0 saturated heterocycles. The summed E-state index contributed by atoms with van der Waals surface area (Å²) in [4.78, 5) is 4.00. The van der Waals surface area contributed by atoms with Gasteiger partial charge in [-0.15, -0.1) is 6.58 Å². The molecule has 1 nitrogen and oxygen atoms in total. The van der Waals surface area contributed by atoms with Crippen molar-refractivity contribution in [2.24, 2.45) is 10.9 Å². The maximum absolute atomic E-state index is 4.00. The number of nitrogens with zero attached hydrogens (tertiary/aromatic N) is 1. The highest BCUT2D eigenvalue weighted by atomic mass is 14.7. The van der Waals surface area contributed by atoms with Crippen LogP contribution >= 0.6 is 0 Å². The Labute approximate surface area is 67.8 Å². The Kier molecular flexibility index (Phi) is 2.42. The molecule has 0 saturated carbocycles. The monoisotopic (exact) mass is 147 g/mol. The average molecular weight is 147 g/mol. The van der Waals surface area contributed by atoms with Gasteiger partial charge in [-0.05, 0) is 13.6 Å². The Morgan fingerprint density at radius 2 is 2.36 bits per heavy atom. The number of aliphatic imine (C=N–C) groups is 1. The zero-order valence-electron chi connectivity index (χ0n) is 6.83. The lowest BCUT2D eigenvalue weighted by molar-refractivity contribution is 0.687. The van der Waals surface area contributed by atoms with E-state index in [1.54, 1.807) is 0 Å². The molecule has 1 heteroatoms. The zero-order chi connectivity index (χ0) is 8.27. The number of hydrogen-bond donors (Lipinski definition) is 0. The molecule has 0 bridgehead atoms. The smallest absolute Gasteiger partial charge is 0.0775 e. The van der Waals surface area contributed by atoms with Gasteiger partial charge in [0.25, 0.3) is 0 Å². The van der Waals surface area contributed by atoms with Gasteiger partial charge >= 0.3 is 0 Å². The standard InChI is InChI=1S/C10H13N/c1-4-9-6-5-8(2)7-10(9)11-3/h4-7,9-10H,1,3H2,2H3. The van der Waals surface area contributed by atoms with Crippen molar-refractivity contribution in [3.05, 3.63) is 36.5 Å². The van der Waals surface area contributed by atoms with E-state index in [9.17, 15) is 0 Å². The van der Waals surface area contributed by atoms with Crippen molar-refractivity contribution in [3.8, 4) is 0 Å². The Bertz CT molecular complexity index is 223. The van der Waals surface area contributed by atoms with E-state index in [1.165, 1.54) is 5.57 Å². The first-order chi connectivity index (χ1) is 5.27. The summed E-state index contributed by atoms with van der Waals surface area (Å²) < 4.78 is 0. The second-order valence-electron chi connectivity index (χ2n) is 2.76. The maximum atomic E-state index is 4.00. The molecule has 0 radical (unpaired) electrons. The van der Waals surface area contributed by atoms with Crippen molar-refractivity contribution in [2.45, 2.75) is 13.0 Å². The van der Waals surface area contributed by atoms with Crippen LogP contribution in [0.1, 0.15) is 6.92 Å². The highest BCUT2D eigenvalue weighted by Gasteiger charge is 2.14. The van der Waals surface area contributed by atoms with Crippen molar-refractivity contribution >= 4 is 6.72 Å². The quantitative estimate of drug-likeness (QED) is 0.420. The van der Waals surface area contributed by atoms with Gasteiger partial charge in [-0.25, -0.2) is 0 Å². The van der Waals surface area contributed by atoms with Crippen molar-refractivity contribution in [1.82, 2.24) is 0 Å². The van der Waals surface area contributed by atoms with Crippen molar-refractivity contribution in [3.63, 3.8) is 0 Å². The van der Waals surface area contributed by atoms with E-state index < -0.39 is 0 Å². The van der Waals surface area contributed by atoms with Crippen LogP contribution in [0.2, 0.25) is 0 Å². The van der Waals surface area contributed by atoms with E-state index in [2.05, 4.69) is 43.4 Å². The number of allylic oxidation sites excluding steroid dienone is 2. The molecule has 1 aliphatic rings. The van der Waals surface area contributed by atoms with Gasteiger partial charge in [0.15, 0.2) is 0 Å². The molecule has 0 fully saturated rings. The second kappa shape index (κ2) is 3.33. The van der Waals surface area contributed by atoms with Crippen LogP contribution in [0, 0.1) is 5.92 Å². The zero-order valence-corrected chi connectivity index (χ0v) is 6.83.